The van der Waals surface area contributed by atoms with E-state index in [1.54, 1.807) is 7.11 Å². The molecule has 1 aromatic rings. The standard InChI is InChI=1S/C13H20FNO3/c1-13(2,17-4)5-6-18-12-8-11(16-3)9(14)7-10(12)15/h7-8H,5-6,15H2,1-4H3. The van der Waals surface area contributed by atoms with Gasteiger partial charge in [0, 0.05) is 25.7 Å². The van der Waals surface area contributed by atoms with Crippen molar-refractivity contribution in [3.8, 4) is 11.5 Å². The molecule has 0 aromatic heterocycles. The summed E-state index contributed by atoms with van der Waals surface area (Å²) >= 11 is 0. The molecule has 0 saturated heterocycles. The molecule has 18 heavy (non-hydrogen) atoms. The highest BCUT2D eigenvalue weighted by Crippen LogP contribution is 2.30. The molecule has 0 unspecified atom stereocenters. The van der Waals surface area contributed by atoms with E-state index in [-0.39, 0.29) is 17.0 Å². The Morgan fingerprint density at radius 3 is 2.44 bits per heavy atom. The summed E-state index contributed by atoms with van der Waals surface area (Å²) in [7, 11) is 3.04. The van der Waals surface area contributed by atoms with Crippen LogP contribution in [0.3, 0.4) is 0 Å². The average Bonchev–Trinajstić information content (AvgIpc) is 2.32. The maximum absolute atomic E-state index is 13.3. The summed E-state index contributed by atoms with van der Waals surface area (Å²) in [4.78, 5) is 0. The van der Waals surface area contributed by atoms with E-state index in [1.807, 2.05) is 13.8 Å². The van der Waals surface area contributed by atoms with Crippen LogP contribution in [0.15, 0.2) is 12.1 Å². The van der Waals surface area contributed by atoms with Crippen molar-refractivity contribution < 1.29 is 18.6 Å². The van der Waals surface area contributed by atoms with E-state index in [0.717, 1.165) is 0 Å². The Labute approximate surface area is 107 Å². The van der Waals surface area contributed by atoms with Gasteiger partial charge >= 0.3 is 0 Å². The summed E-state index contributed by atoms with van der Waals surface area (Å²) in [5, 5.41) is 0. The maximum Gasteiger partial charge on any atom is 0.167 e. The highest BCUT2D eigenvalue weighted by atomic mass is 19.1. The lowest BCUT2D eigenvalue weighted by Crippen LogP contribution is -2.25. The number of hydrogen-bond donors (Lipinski definition) is 1. The second kappa shape index (κ2) is 5.91. The number of rotatable bonds is 6. The third-order valence-corrected chi connectivity index (χ3v) is 2.80. The molecule has 4 nitrogen and oxygen atoms in total. The van der Waals surface area contributed by atoms with Crippen LogP contribution in [-0.2, 0) is 4.74 Å². The van der Waals surface area contributed by atoms with Gasteiger partial charge in [-0.15, -0.1) is 0 Å². The van der Waals surface area contributed by atoms with Crippen molar-refractivity contribution in [2.75, 3.05) is 26.6 Å². The van der Waals surface area contributed by atoms with Crippen LogP contribution in [-0.4, -0.2) is 26.4 Å². The third-order valence-electron chi connectivity index (χ3n) is 2.80. The Kier molecular flexibility index (Phi) is 4.78. The van der Waals surface area contributed by atoms with E-state index < -0.39 is 5.82 Å². The van der Waals surface area contributed by atoms with Crippen molar-refractivity contribution in [2.45, 2.75) is 25.9 Å². The minimum absolute atomic E-state index is 0.116. The molecule has 0 spiro atoms. The summed E-state index contributed by atoms with van der Waals surface area (Å²) in [5.41, 5.74) is 5.66. The van der Waals surface area contributed by atoms with Crippen molar-refractivity contribution in [1.29, 1.82) is 0 Å². The largest absolute Gasteiger partial charge is 0.494 e. The number of ether oxygens (including phenoxy) is 3. The van der Waals surface area contributed by atoms with Crippen LogP contribution < -0.4 is 15.2 Å². The van der Waals surface area contributed by atoms with Crippen LogP contribution in [0.2, 0.25) is 0 Å². The van der Waals surface area contributed by atoms with Gasteiger partial charge in [0.25, 0.3) is 0 Å². The van der Waals surface area contributed by atoms with Gasteiger partial charge in [-0.2, -0.15) is 0 Å². The molecule has 0 aliphatic carbocycles. The topological polar surface area (TPSA) is 53.7 Å². The molecule has 1 aromatic carbocycles. The Bertz CT molecular complexity index is 407. The molecular weight excluding hydrogens is 237 g/mol. The van der Waals surface area contributed by atoms with Crippen LogP contribution in [0, 0.1) is 5.82 Å². The molecule has 0 aliphatic heterocycles. The first-order valence-electron chi connectivity index (χ1n) is 5.70. The second-order valence-corrected chi connectivity index (χ2v) is 4.59. The first kappa shape index (κ1) is 14.6. The van der Waals surface area contributed by atoms with E-state index >= 15 is 0 Å². The van der Waals surface area contributed by atoms with Crippen molar-refractivity contribution in [3.05, 3.63) is 17.9 Å². The lowest BCUT2D eigenvalue weighted by molar-refractivity contribution is 0.00549. The number of benzene rings is 1. The fraction of sp³-hybridized carbons (Fsp3) is 0.538. The molecule has 0 heterocycles. The van der Waals surface area contributed by atoms with Crippen LogP contribution >= 0.6 is 0 Å². The summed E-state index contributed by atoms with van der Waals surface area (Å²) < 4.78 is 29.0. The SMILES string of the molecule is COc1cc(OCCC(C)(C)OC)c(N)cc1F. The minimum Gasteiger partial charge on any atom is -0.494 e. The molecule has 5 heteroatoms. The maximum atomic E-state index is 13.3. The zero-order chi connectivity index (χ0) is 13.8. The van der Waals surface area contributed by atoms with Gasteiger partial charge in [-0.25, -0.2) is 4.39 Å². The fourth-order valence-electron chi connectivity index (χ4n) is 1.34. The van der Waals surface area contributed by atoms with Gasteiger partial charge < -0.3 is 19.9 Å². The Morgan fingerprint density at radius 2 is 1.89 bits per heavy atom. The molecule has 0 atom stereocenters. The molecule has 0 radical (unpaired) electrons. The van der Waals surface area contributed by atoms with E-state index in [2.05, 4.69) is 0 Å². The first-order valence-corrected chi connectivity index (χ1v) is 5.70. The van der Waals surface area contributed by atoms with Crippen molar-refractivity contribution >= 4 is 5.69 Å². The number of nitrogen functional groups attached to an aromatic ring is 1. The number of anilines is 1. The normalized spacial score (nSPS) is 11.4. The molecule has 0 fully saturated rings. The highest BCUT2D eigenvalue weighted by molar-refractivity contribution is 5.56. The van der Waals surface area contributed by atoms with Gasteiger partial charge in [-0.05, 0) is 13.8 Å². The summed E-state index contributed by atoms with van der Waals surface area (Å²) in [6, 6.07) is 2.64. The van der Waals surface area contributed by atoms with E-state index in [0.29, 0.717) is 18.8 Å². The van der Waals surface area contributed by atoms with Gasteiger partial charge in [0.05, 0.1) is 25.0 Å². The van der Waals surface area contributed by atoms with Crippen LogP contribution in [0.4, 0.5) is 10.1 Å². The lowest BCUT2D eigenvalue weighted by Gasteiger charge is -2.23. The Balaban J connectivity index is 2.68. The zero-order valence-corrected chi connectivity index (χ0v) is 11.2. The molecule has 0 amide bonds. The summed E-state index contributed by atoms with van der Waals surface area (Å²) in [5.74, 6) is 0.0323. The molecule has 0 saturated carbocycles. The van der Waals surface area contributed by atoms with Gasteiger partial charge in [0.1, 0.15) is 5.75 Å². The van der Waals surface area contributed by atoms with Crippen molar-refractivity contribution in [3.63, 3.8) is 0 Å². The quantitative estimate of drug-likeness (QED) is 0.796. The number of hydrogen-bond acceptors (Lipinski definition) is 4. The Hall–Kier alpha value is -1.49. The first-order chi connectivity index (χ1) is 8.39. The van der Waals surface area contributed by atoms with Crippen LogP contribution in [0.1, 0.15) is 20.3 Å². The monoisotopic (exact) mass is 257 g/mol. The molecule has 0 bridgehead atoms. The molecule has 1 rings (SSSR count). The lowest BCUT2D eigenvalue weighted by atomic mass is 10.1. The van der Waals surface area contributed by atoms with Crippen molar-refractivity contribution in [1.82, 2.24) is 0 Å². The van der Waals surface area contributed by atoms with Crippen LogP contribution in [0.5, 0.6) is 11.5 Å². The second-order valence-electron chi connectivity index (χ2n) is 4.59. The van der Waals surface area contributed by atoms with Gasteiger partial charge in [0.2, 0.25) is 0 Å². The van der Waals surface area contributed by atoms with E-state index in [1.165, 1.54) is 19.2 Å². The number of methoxy groups -OCH3 is 2. The zero-order valence-electron chi connectivity index (χ0n) is 11.2. The van der Waals surface area contributed by atoms with Gasteiger partial charge in [-0.1, -0.05) is 0 Å². The minimum atomic E-state index is -0.500. The predicted molar refractivity (Wildman–Crippen MR) is 68.6 cm³/mol. The summed E-state index contributed by atoms with van der Waals surface area (Å²) in [6.45, 7) is 4.36. The number of halogens is 1. The van der Waals surface area contributed by atoms with E-state index in [4.69, 9.17) is 19.9 Å². The molecule has 2 N–H and O–H groups in total. The average molecular weight is 257 g/mol. The van der Waals surface area contributed by atoms with E-state index in [9.17, 15) is 4.39 Å². The smallest absolute Gasteiger partial charge is 0.167 e. The summed E-state index contributed by atoms with van der Waals surface area (Å²) in [6.07, 6.45) is 0.697. The Morgan fingerprint density at radius 1 is 1.22 bits per heavy atom. The predicted octanol–water partition coefficient (Wildman–Crippen LogP) is 2.61. The van der Waals surface area contributed by atoms with Gasteiger partial charge in [-0.3, -0.25) is 0 Å². The van der Waals surface area contributed by atoms with Crippen molar-refractivity contribution in [2.24, 2.45) is 0 Å². The number of nitrogens with two attached hydrogens (primary N) is 1. The van der Waals surface area contributed by atoms with Crippen LogP contribution in [0.25, 0.3) is 0 Å². The van der Waals surface area contributed by atoms with Gasteiger partial charge in [0.15, 0.2) is 11.6 Å². The molecule has 102 valence electrons. The molecule has 0 aliphatic rings. The highest BCUT2D eigenvalue weighted by Gasteiger charge is 2.17. The third kappa shape index (κ3) is 3.77. The fourth-order valence-corrected chi connectivity index (χ4v) is 1.34. The molecular formula is C13H20FNO3.